The summed E-state index contributed by atoms with van der Waals surface area (Å²) in [5.74, 6) is 0.936. The van der Waals surface area contributed by atoms with Crippen LogP contribution in [0.5, 0.6) is 11.5 Å². The molecule has 0 radical (unpaired) electrons. The molecule has 0 aliphatic carbocycles. The Labute approximate surface area is 257 Å². The normalized spacial score (nSPS) is 12.2. The molecule has 0 fully saturated rings. The standard InChI is InChI=1S/C37H33N3O4/c1-5-10-25(6-2)27-13-17-29(18-14-27)34-38-35(30-19-15-28(16-20-30)26-11-8-7-9-12-26)40-36(39-34)32-22-21-31(23-33(32)41)44-24(3)37(42)43-4/h5-24,41H,1-4H3/b10-5-,25-6+. The van der Waals surface area contributed by atoms with E-state index in [9.17, 15) is 9.90 Å². The zero-order chi connectivity index (χ0) is 31.1. The molecule has 0 aliphatic rings. The van der Waals surface area contributed by atoms with E-state index in [-0.39, 0.29) is 5.75 Å². The second-order valence-corrected chi connectivity index (χ2v) is 10.0. The molecule has 0 saturated carbocycles. The molecule has 1 atom stereocenters. The quantitative estimate of drug-likeness (QED) is 0.138. The van der Waals surface area contributed by atoms with Crippen molar-refractivity contribution in [1.82, 2.24) is 15.0 Å². The Morgan fingerprint density at radius 2 is 1.32 bits per heavy atom. The van der Waals surface area contributed by atoms with E-state index in [0.717, 1.165) is 33.4 Å². The molecule has 44 heavy (non-hydrogen) atoms. The minimum Gasteiger partial charge on any atom is -0.507 e. The molecule has 0 aliphatic heterocycles. The first-order chi connectivity index (χ1) is 21.4. The number of esters is 1. The smallest absolute Gasteiger partial charge is 0.346 e. The highest BCUT2D eigenvalue weighted by Crippen LogP contribution is 2.34. The SMILES string of the molecule is C/C=C\C(=C/C)c1ccc(-c2nc(-c3ccc(-c4ccccc4)cc3)nc(-c3ccc(OC(C)C(=O)OC)cc3O)n2)cc1. The maximum Gasteiger partial charge on any atom is 0.346 e. The van der Waals surface area contributed by atoms with Gasteiger partial charge in [-0.25, -0.2) is 19.7 Å². The van der Waals surface area contributed by atoms with E-state index in [0.29, 0.717) is 28.8 Å². The largest absolute Gasteiger partial charge is 0.507 e. The lowest BCUT2D eigenvalue weighted by atomic mass is 10.0. The predicted octanol–water partition coefficient (Wildman–Crippen LogP) is 8.16. The molecule has 0 saturated heterocycles. The van der Waals surface area contributed by atoms with Crippen LogP contribution in [0.3, 0.4) is 0 Å². The van der Waals surface area contributed by atoms with Gasteiger partial charge in [0.1, 0.15) is 11.5 Å². The number of hydrogen-bond acceptors (Lipinski definition) is 7. The summed E-state index contributed by atoms with van der Waals surface area (Å²) in [5, 5.41) is 11.0. The number of hydrogen-bond donors (Lipinski definition) is 1. The van der Waals surface area contributed by atoms with Crippen molar-refractivity contribution in [2.45, 2.75) is 26.9 Å². The number of carbonyl (C=O) groups is 1. The molecule has 1 aromatic heterocycles. The van der Waals surface area contributed by atoms with E-state index in [1.165, 1.54) is 13.2 Å². The van der Waals surface area contributed by atoms with E-state index in [4.69, 9.17) is 24.4 Å². The molecule has 1 unspecified atom stereocenters. The molecule has 220 valence electrons. The molecular weight excluding hydrogens is 550 g/mol. The molecule has 5 aromatic rings. The maximum absolute atomic E-state index is 11.8. The molecule has 0 bridgehead atoms. The van der Waals surface area contributed by atoms with E-state index < -0.39 is 12.1 Å². The van der Waals surface area contributed by atoms with Gasteiger partial charge < -0.3 is 14.6 Å². The highest BCUT2D eigenvalue weighted by atomic mass is 16.6. The number of phenolic OH excluding ortho intramolecular Hbond substituents is 1. The number of methoxy groups -OCH3 is 1. The Hall–Kier alpha value is -5.56. The number of phenols is 1. The van der Waals surface area contributed by atoms with Crippen molar-refractivity contribution in [3.8, 4) is 56.8 Å². The molecule has 7 heteroatoms. The number of rotatable bonds is 9. The third-order valence-corrected chi connectivity index (χ3v) is 7.08. The second-order valence-electron chi connectivity index (χ2n) is 10.0. The summed E-state index contributed by atoms with van der Waals surface area (Å²) in [6.07, 6.45) is 5.30. The van der Waals surface area contributed by atoms with E-state index in [1.54, 1.807) is 19.1 Å². The molecule has 4 aromatic carbocycles. The number of allylic oxidation sites excluding steroid dienone is 4. The summed E-state index contributed by atoms with van der Waals surface area (Å²) in [7, 11) is 1.29. The van der Waals surface area contributed by atoms with Gasteiger partial charge in [0.05, 0.1) is 12.7 Å². The van der Waals surface area contributed by atoms with Crippen LogP contribution in [-0.2, 0) is 9.53 Å². The Bertz CT molecular complexity index is 1810. The summed E-state index contributed by atoms with van der Waals surface area (Å²) in [6, 6.07) is 31.0. The lowest BCUT2D eigenvalue weighted by Crippen LogP contribution is -2.24. The van der Waals surface area contributed by atoms with Crippen LogP contribution in [0, 0.1) is 0 Å². The van der Waals surface area contributed by atoms with Crippen LogP contribution in [0.2, 0.25) is 0 Å². The molecule has 0 amide bonds. The number of benzene rings is 4. The topological polar surface area (TPSA) is 94.4 Å². The predicted molar refractivity (Wildman–Crippen MR) is 174 cm³/mol. The zero-order valence-corrected chi connectivity index (χ0v) is 25.1. The minimum atomic E-state index is -0.835. The number of carbonyl (C=O) groups excluding carboxylic acids is 1. The molecular formula is C37H33N3O4. The first-order valence-electron chi connectivity index (χ1n) is 14.3. The third kappa shape index (κ3) is 6.73. The number of ether oxygens (including phenoxy) is 2. The summed E-state index contributed by atoms with van der Waals surface area (Å²) in [5.41, 5.74) is 6.40. The van der Waals surface area contributed by atoms with Gasteiger partial charge in [-0.3, -0.25) is 0 Å². The molecule has 7 nitrogen and oxygen atoms in total. The number of aromatic hydroxyl groups is 1. The first-order valence-corrected chi connectivity index (χ1v) is 14.3. The van der Waals surface area contributed by atoms with Crippen LogP contribution >= 0.6 is 0 Å². The minimum absolute atomic E-state index is 0.0958. The van der Waals surface area contributed by atoms with E-state index in [1.807, 2.05) is 86.7 Å². The van der Waals surface area contributed by atoms with Crippen molar-refractivity contribution in [2.24, 2.45) is 0 Å². The third-order valence-electron chi connectivity index (χ3n) is 7.08. The van der Waals surface area contributed by atoms with Gasteiger partial charge in [-0.05, 0) is 55.2 Å². The van der Waals surface area contributed by atoms with Gasteiger partial charge in [-0.15, -0.1) is 0 Å². The highest BCUT2D eigenvalue weighted by molar-refractivity contribution is 5.77. The summed E-state index contributed by atoms with van der Waals surface area (Å²) >= 11 is 0. The Kier molecular flexibility index (Phi) is 9.25. The van der Waals surface area contributed by atoms with Crippen molar-refractivity contribution < 1.29 is 19.4 Å². The first kappa shape index (κ1) is 29.9. The van der Waals surface area contributed by atoms with E-state index >= 15 is 0 Å². The maximum atomic E-state index is 11.8. The van der Waals surface area contributed by atoms with Crippen LogP contribution < -0.4 is 4.74 Å². The summed E-state index contributed by atoms with van der Waals surface area (Å²) in [6.45, 7) is 5.58. The highest BCUT2D eigenvalue weighted by Gasteiger charge is 2.18. The Morgan fingerprint density at radius 3 is 1.89 bits per heavy atom. The van der Waals surface area contributed by atoms with Gasteiger partial charge in [0.2, 0.25) is 0 Å². The molecule has 0 spiro atoms. The number of nitrogens with zero attached hydrogens (tertiary/aromatic N) is 3. The zero-order valence-electron chi connectivity index (χ0n) is 25.1. The van der Waals surface area contributed by atoms with Crippen LogP contribution in [0.15, 0.2) is 115 Å². The van der Waals surface area contributed by atoms with Crippen LogP contribution in [0.1, 0.15) is 26.3 Å². The second kappa shape index (κ2) is 13.6. The fraction of sp³-hybridized carbons (Fsp3) is 0.135. The van der Waals surface area contributed by atoms with Gasteiger partial charge in [0.25, 0.3) is 0 Å². The fourth-order valence-corrected chi connectivity index (χ4v) is 4.74. The van der Waals surface area contributed by atoms with Crippen molar-refractivity contribution in [2.75, 3.05) is 7.11 Å². The molecule has 5 rings (SSSR count). The average Bonchev–Trinajstić information content (AvgIpc) is 3.07. The molecule has 1 heterocycles. The van der Waals surface area contributed by atoms with Gasteiger partial charge in [-0.2, -0.15) is 0 Å². The van der Waals surface area contributed by atoms with E-state index in [2.05, 4.69) is 24.3 Å². The van der Waals surface area contributed by atoms with Crippen molar-refractivity contribution in [3.05, 3.63) is 121 Å². The van der Waals surface area contributed by atoms with Crippen LogP contribution in [0.4, 0.5) is 0 Å². The summed E-state index contributed by atoms with van der Waals surface area (Å²) < 4.78 is 10.4. The fourth-order valence-electron chi connectivity index (χ4n) is 4.74. The van der Waals surface area contributed by atoms with Crippen molar-refractivity contribution >= 4 is 11.5 Å². The lowest BCUT2D eigenvalue weighted by Gasteiger charge is -2.14. The Balaban J connectivity index is 1.56. The molecule has 1 N–H and O–H groups in total. The van der Waals surface area contributed by atoms with Gasteiger partial charge in [-0.1, -0.05) is 97.1 Å². The lowest BCUT2D eigenvalue weighted by molar-refractivity contribution is -0.147. The van der Waals surface area contributed by atoms with Gasteiger partial charge in [0.15, 0.2) is 23.6 Å². The van der Waals surface area contributed by atoms with Crippen LogP contribution in [0.25, 0.3) is 50.9 Å². The number of aromatic nitrogens is 3. The monoisotopic (exact) mass is 583 g/mol. The average molecular weight is 584 g/mol. The van der Waals surface area contributed by atoms with Gasteiger partial charge >= 0.3 is 5.97 Å². The Morgan fingerprint density at radius 1 is 0.750 bits per heavy atom. The summed E-state index contributed by atoms with van der Waals surface area (Å²) in [4.78, 5) is 26.2. The van der Waals surface area contributed by atoms with Crippen molar-refractivity contribution in [3.63, 3.8) is 0 Å². The van der Waals surface area contributed by atoms with Crippen molar-refractivity contribution in [1.29, 1.82) is 0 Å². The van der Waals surface area contributed by atoms with Crippen LogP contribution in [-0.4, -0.2) is 39.2 Å². The van der Waals surface area contributed by atoms with Gasteiger partial charge in [0, 0.05) is 17.2 Å².